The molecule has 0 aromatic heterocycles. The maximum absolute atomic E-state index is 11.5. The smallest absolute Gasteiger partial charge is 0.184 e. The van der Waals surface area contributed by atoms with Crippen molar-refractivity contribution in [3.63, 3.8) is 0 Å². The molecule has 0 radical (unpaired) electrons. The Bertz CT molecular complexity index is 570. The standard InChI is InChI=1S/C22H43BrO6Si/c1-13-11-27-22(6,19(13)23)20(29-30(8,9)10)15(3)17(24)14(2)18(25-7)16-12-26-21(4,5)28-16/h13-20,24H,11-12H2,1-10H3/t13-,14+,15+,16+,17-,18+,19+,20-,22+/m1/s1. The summed E-state index contributed by atoms with van der Waals surface area (Å²) in [7, 11) is -0.230. The number of aliphatic hydroxyl groups excluding tert-OH is 1. The van der Waals surface area contributed by atoms with Crippen LogP contribution in [0.1, 0.15) is 41.5 Å². The molecule has 2 saturated heterocycles. The Balaban J connectivity index is 2.24. The van der Waals surface area contributed by atoms with Crippen LogP contribution in [0, 0.1) is 17.8 Å². The molecule has 2 aliphatic rings. The number of halogens is 1. The molecule has 1 N–H and O–H groups in total. The van der Waals surface area contributed by atoms with Crippen molar-refractivity contribution in [2.45, 2.75) is 102 Å². The molecule has 0 spiro atoms. The van der Waals surface area contributed by atoms with Gasteiger partial charge in [0.2, 0.25) is 0 Å². The van der Waals surface area contributed by atoms with Gasteiger partial charge in [-0.2, -0.15) is 0 Å². The van der Waals surface area contributed by atoms with Gasteiger partial charge in [0, 0.05) is 18.9 Å². The summed E-state index contributed by atoms with van der Waals surface area (Å²) >= 11 is 3.87. The van der Waals surface area contributed by atoms with Crippen LogP contribution in [0.5, 0.6) is 0 Å². The van der Waals surface area contributed by atoms with Gasteiger partial charge in [-0.25, -0.2) is 0 Å². The molecule has 0 unspecified atom stereocenters. The molecule has 6 nitrogen and oxygen atoms in total. The van der Waals surface area contributed by atoms with E-state index in [9.17, 15) is 5.11 Å². The largest absolute Gasteiger partial charge is 0.411 e. The Morgan fingerprint density at radius 3 is 2.07 bits per heavy atom. The van der Waals surface area contributed by atoms with Crippen LogP contribution in [0.4, 0.5) is 0 Å². The van der Waals surface area contributed by atoms with Gasteiger partial charge in [-0.15, -0.1) is 0 Å². The van der Waals surface area contributed by atoms with Crippen LogP contribution >= 0.6 is 15.9 Å². The monoisotopic (exact) mass is 510 g/mol. The summed E-state index contributed by atoms with van der Waals surface area (Å²) in [6, 6.07) is 0. The van der Waals surface area contributed by atoms with E-state index in [0.717, 1.165) is 0 Å². The number of ether oxygens (including phenoxy) is 4. The summed E-state index contributed by atoms with van der Waals surface area (Å²) in [5.41, 5.74) is -0.517. The first-order chi connectivity index (χ1) is 13.6. The van der Waals surface area contributed by atoms with Gasteiger partial charge in [0.25, 0.3) is 0 Å². The molecule has 9 atom stereocenters. The second-order valence-corrected chi connectivity index (χ2v) is 16.2. The third-order valence-electron chi connectivity index (χ3n) is 6.49. The Hall–Kier alpha value is 0.457. The Labute approximate surface area is 192 Å². The zero-order valence-electron chi connectivity index (χ0n) is 20.4. The first-order valence-corrected chi connectivity index (χ1v) is 15.4. The zero-order chi connectivity index (χ0) is 23.1. The van der Waals surface area contributed by atoms with E-state index in [0.29, 0.717) is 19.1 Å². The van der Waals surface area contributed by atoms with E-state index in [1.54, 1.807) is 7.11 Å². The van der Waals surface area contributed by atoms with Crippen molar-refractivity contribution in [2.75, 3.05) is 20.3 Å². The van der Waals surface area contributed by atoms with Crippen molar-refractivity contribution in [2.24, 2.45) is 17.8 Å². The van der Waals surface area contributed by atoms with Gasteiger partial charge in [-0.1, -0.05) is 36.7 Å². The first-order valence-electron chi connectivity index (χ1n) is 11.1. The first kappa shape index (κ1) is 26.7. The average Bonchev–Trinajstić information content (AvgIpc) is 3.12. The van der Waals surface area contributed by atoms with Crippen molar-refractivity contribution in [3.8, 4) is 0 Å². The van der Waals surface area contributed by atoms with Gasteiger partial charge in [-0.3, -0.25) is 0 Å². The zero-order valence-corrected chi connectivity index (χ0v) is 23.0. The molecule has 0 aromatic carbocycles. The second-order valence-electron chi connectivity index (χ2n) is 10.8. The van der Waals surface area contributed by atoms with Crippen molar-refractivity contribution < 1.29 is 28.5 Å². The molecule has 8 heteroatoms. The molecular weight excluding hydrogens is 468 g/mol. The molecule has 0 amide bonds. The predicted octanol–water partition coefficient (Wildman–Crippen LogP) is 4.19. The molecule has 2 heterocycles. The quantitative estimate of drug-likeness (QED) is 0.370. The van der Waals surface area contributed by atoms with E-state index in [1.807, 2.05) is 20.8 Å². The van der Waals surface area contributed by atoms with Crippen molar-refractivity contribution in [1.29, 1.82) is 0 Å². The van der Waals surface area contributed by atoms with Crippen molar-refractivity contribution in [1.82, 2.24) is 0 Å². The molecule has 0 bridgehead atoms. The summed E-state index contributed by atoms with van der Waals surface area (Å²) in [5, 5.41) is 11.5. The van der Waals surface area contributed by atoms with Crippen LogP contribution in [-0.4, -0.2) is 74.4 Å². The van der Waals surface area contributed by atoms with Gasteiger partial charge >= 0.3 is 0 Å². The third kappa shape index (κ3) is 5.87. The summed E-state index contributed by atoms with van der Waals surface area (Å²) in [5.74, 6) is -0.583. The lowest BCUT2D eigenvalue weighted by Gasteiger charge is -2.45. The number of rotatable bonds is 9. The SMILES string of the molecule is CO[C@@H]([C@@H](C)[C@@H](O)[C@H](C)[C@@H](O[Si](C)(C)C)[C@@]1(C)OC[C@@H](C)[C@@H]1Br)[C@@H]1COC(C)(C)O1. The molecule has 178 valence electrons. The van der Waals surface area contributed by atoms with Gasteiger partial charge in [0.1, 0.15) is 11.7 Å². The van der Waals surface area contributed by atoms with Gasteiger partial charge in [0.05, 0.1) is 36.4 Å². The Morgan fingerprint density at radius 1 is 1.07 bits per heavy atom. The lowest BCUT2D eigenvalue weighted by molar-refractivity contribution is -0.169. The fourth-order valence-corrected chi connectivity index (χ4v) is 6.60. The minimum Gasteiger partial charge on any atom is -0.411 e. The summed E-state index contributed by atoms with van der Waals surface area (Å²) in [6.45, 7) is 19.8. The van der Waals surface area contributed by atoms with E-state index in [-0.39, 0.29) is 35.0 Å². The van der Waals surface area contributed by atoms with Crippen LogP contribution in [0.3, 0.4) is 0 Å². The predicted molar refractivity (Wildman–Crippen MR) is 124 cm³/mol. The van der Waals surface area contributed by atoms with Crippen molar-refractivity contribution in [3.05, 3.63) is 0 Å². The summed E-state index contributed by atoms with van der Waals surface area (Å²) in [6.07, 6.45) is -1.40. The molecule has 2 fully saturated rings. The van der Waals surface area contributed by atoms with E-state index < -0.39 is 25.8 Å². The Morgan fingerprint density at radius 2 is 1.67 bits per heavy atom. The minimum atomic E-state index is -1.90. The van der Waals surface area contributed by atoms with E-state index >= 15 is 0 Å². The Kier molecular flexibility index (Phi) is 8.68. The van der Waals surface area contributed by atoms with Crippen LogP contribution in [0.25, 0.3) is 0 Å². The maximum Gasteiger partial charge on any atom is 0.184 e. The number of hydrogen-bond acceptors (Lipinski definition) is 6. The van der Waals surface area contributed by atoms with E-state index in [1.165, 1.54) is 0 Å². The summed E-state index contributed by atoms with van der Waals surface area (Å²) < 4.78 is 30.5. The number of hydrogen-bond donors (Lipinski definition) is 1. The van der Waals surface area contributed by atoms with Crippen LogP contribution in [-0.2, 0) is 23.4 Å². The highest BCUT2D eigenvalue weighted by Gasteiger charge is 2.54. The highest BCUT2D eigenvalue weighted by Crippen LogP contribution is 2.44. The van der Waals surface area contributed by atoms with E-state index in [4.69, 9.17) is 23.4 Å². The van der Waals surface area contributed by atoms with E-state index in [2.05, 4.69) is 56.3 Å². The van der Waals surface area contributed by atoms with Crippen LogP contribution in [0.2, 0.25) is 19.6 Å². The highest BCUT2D eigenvalue weighted by molar-refractivity contribution is 9.09. The second kappa shape index (κ2) is 9.75. The average molecular weight is 512 g/mol. The molecule has 2 aliphatic heterocycles. The van der Waals surface area contributed by atoms with Crippen molar-refractivity contribution >= 4 is 24.2 Å². The van der Waals surface area contributed by atoms with Gasteiger partial charge < -0.3 is 28.5 Å². The number of aliphatic hydroxyl groups is 1. The maximum atomic E-state index is 11.5. The molecular formula is C22H43BrO6Si. The highest BCUT2D eigenvalue weighted by atomic mass is 79.9. The third-order valence-corrected chi connectivity index (χ3v) is 9.26. The fourth-order valence-electron chi connectivity index (χ4n) is 4.84. The number of alkyl halides is 1. The van der Waals surface area contributed by atoms with Crippen LogP contribution in [0.15, 0.2) is 0 Å². The van der Waals surface area contributed by atoms with Gasteiger partial charge in [-0.05, 0) is 46.3 Å². The summed E-state index contributed by atoms with van der Waals surface area (Å²) in [4.78, 5) is 0.155. The fraction of sp³-hybridized carbons (Fsp3) is 1.00. The lowest BCUT2D eigenvalue weighted by Crippen LogP contribution is -2.57. The molecule has 2 rings (SSSR count). The lowest BCUT2D eigenvalue weighted by atomic mass is 9.78. The molecule has 0 saturated carbocycles. The minimum absolute atomic E-state index is 0.155. The topological polar surface area (TPSA) is 66.4 Å². The van der Waals surface area contributed by atoms with Crippen LogP contribution < -0.4 is 0 Å². The normalized spacial score (nSPS) is 37.0. The van der Waals surface area contributed by atoms with Gasteiger partial charge in [0.15, 0.2) is 14.1 Å². The number of methoxy groups -OCH3 is 1. The molecule has 30 heavy (non-hydrogen) atoms. The molecule has 0 aliphatic carbocycles. The molecule has 0 aromatic rings.